The van der Waals surface area contributed by atoms with Gasteiger partial charge in [-0.1, -0.05) is 30.3 Å². The third-order valence-electron chi connectivity index (χ3n) is 1.21. The summed E-state index contributed by atoms with van der Waals surface area (Å²) < 4.78 is 14.7. The predicted molar refractivity (Wildman–Crippen MR) is 49.7 cm³/mol. The highest BCUT2D eigenvalue weighted by Gasteiger charge is 1.93. The fraction of sp³-hybridized carbons (Fsp3) is 0.143. The lowest BCUT2D eigenvalue weighted by Gasteiger charge is -1.98. The van der Waals surface area contributed by atoms with Gasteiger partial charge in [-0.15, -0.1) is 12.4 Å². The minimum Gasteiger partial charge on any atom is -0.326 e. The molecule has 0 radical (unpaired) electrons. The Labute approximate surface area is 77.7 Å². The lowest BCUT2D eigenvalue weighted by Crippen LogP contribution is -1.83. The number of rotatable bonds is 3. The van der Waals surface area contributed by atoms with Gasteiger partial charge in [0.05, 0.1) is 6.61 Å². The van der Waals surface area contributed by atoms with E-state index in [4.69, 9.17) is 4.89 Å². The smallest absolute Gasteiger partial charge is 0.316 e. The molecule has 68 valence electrons. The Hall–Kier alpha value is -0.340. The first kappa shape index (κ1) is 11.7. The third-order valence-corrected chi connectivity index (χ3v) is 1.60. The fourth-order valence-corrected chi connectivity index (χ4v) is 1.01. The van der Waals surface area contributed by atoms with Crippen molar-refractivity contribution in [3.05, 3.63) is 35.9 Å². The maximum Gasteiger partial charge on any atom is 0.316 e. The number of hydrogen-bond donors (Lipinski definition) is 1. The largest absolute Gasteiger partial charge is 0.326 e. The van der Waals surface area contributed by atoms with Crippen LogP contribution in [0.5, 0.6) is 0 Å². The molecule has 1 rings (SSSR count). The van der Waals surface area contributed by atoms with Crippen molar-refractivity contribution in [2.24, 2.45) is 0 Å². The molecule has 0 aliphatic rings. The van der Waals surface area contributed by atoms with Gasteiger partial charge < -0.3 is 9.42 Å². The summed E-state index contributed by atoms with van der Waals surface area (Å²) >= 11 is 0. The monoisotopic (exact) mass is 208 g/mol. The van der Waals surface area contributed by atoms with E-state index in [2.05, 4.69) is 4.52 Å². The Morgan fingerprint density at radius 2 is 1.92 bits per heavy atom. The lowest BCUT2D eigenvalue weighted by molar-refractivity contribution is 0.272. The van der Waals surface area contributed by atoms with Crippen molar-refractivity contribution >= 4 is 20.7 Å². The maximum atomic E-state index is 10.1. The van der Waals surface area contributed by atoms with Gasteiger partial charge in [0, 0.05) is 0 Å². The molecule has 5 heteroatoms. The lowest BCUT2D eigenvalue weighted by atomic mass is 10.2. The van der Waals surface area contributed by atoms with E-state index >= 15 is 0 Å². The Morgan fingerprint density at radius 1 is 1.33 bits per heavy atom. The molecule has 0 saturated heterocycles. The second-order valence-electron chi connectivity index (χ2n) is 2.04. The molecule has 1 aromatic carbocycles. The molecule has 0 bridgehead atoms. The molecule has 0 heterocycles. The Morgan fingerprint density at radius 3 is 2.42 bits per heavy atom. The molecule has 1 unspecified atom stereocenters. The fourth-order valence-electron chi connectivity index (χ4n) is 0.719. The molecular formula is C7H10ClO3P. The van der Waals surface area contributed by atoms with Crippen LogP contribution in [0, 0.1) is 0 Å². The molecule has 0 aromatic heterocycles. The number of hydrogen-bond acceptors (Lipinski definition) is 2. The highest BCUT2D eigenvalue weighted by atomic mass is 35.5. The highest BCUT2D eigenvalue weighted by Crippen LogP contribution is 2.17. The summed E-state index contributed by atoms with van der Waals surface area (Å²) in [5, 5.41) is 0. The van der Waals surface area contributed by atoms with E-state index in [0.717, 1.165) is 5.56 Å². The Kier molecular flexibility index (Phi) is 6.03. The number of benzene rings is 1. The van der Waals surface area contributed by atoms with Crippen LogP contribution in [0.4, 0.5) is 0 Å². The zero-order valence-electron chi connectivity index (χ0n) is 6.27. The first-order chi connectivity index (χ1) is 5.29. The van der Waals surface area contributed by atoms with E-state index in [-0.39, 0.29) is 19.0 Å². The molecule has 0 aliphatic carbocycles. The first-order valence-corrected chi connectivity index (χ1v) is 4.45. The van der Waals surface area contributed by atoms with Crippen molar-refractivity contribution < 1.29 is 14.0 Å². The van der Waals surface area contributed by atoms with Crippen molar-refractivity contribution in [2.45, 2.75) is 6.61 Å². The molecule has 0 spiro atoms. The summed E-state index contributed by atoms with van der Waals surface area (Å²) in [5.74, 6) is 0. The van der Waals surface area contributed by atoms with Gasteiger partial charge in [-0.2, -0.15) is 0 Å². The standard InChI is InChI=1S/C7H9O3P.ClH/c8-11(9)10-6-7-4-2-1-3-5-7;/h1-5,11H,6H2,(H,8,9);1H. The first-order valence-electron chi connectivity index (χ1n) is 3.18. The van der Waals surface area contributed by atoms with Gasteiger partial charge >= 0.3 is 8.25 Å². The molecule has 3 nitrogen and oxygen atoms in total. The molecule has 1 atom stereocenters. The number of halogens is 1. The van der Waals surface area contributed by atoms with Gasteiger partial charge in [0.25, 0.3) is 0 Å². The van der Waals surface area contributed by atoms with Crippen molar-refractivity contribution in [3.63, 3.8) is 0 Å². The molecular weight excluding hydrogens is 199 g/mol. The van der Waals surface area contributed by atoms with Crippen molar-refractivity contribution in [2.75, 3.05) is 0 Å². The van der Waals surface area contributed by atoms with Crippen LogP contribution in [0.2, 0.25) is 0 Å². The average Bonchev–Trinajstić information content (AvgIpc) is 2.03. The van der Waals surface area contributed by atoms with Gasteiger partial charge in [-0.3, -0.25) is 4.57 Å². The minimum atomic E-state index is -2.78. The minimum absolute atomic E-state index is 0. The van der Waals surface area contributed by atoms with Crippen LogP contribution < -0.4 is 0 Å². The molecule has 0 amide bonds. The second kappa shape index (κ2) is 6.21. The average molecular weight is 209 g/mol. The van der Waals surface area contributed by atoms with Crippen molar-refractivity contribution in [3.8, 4) is 0 Å². The SMILES string of the molecule is Cl.O=[PH](O)OCc1ccccc1. The van der Waals surface area contributed by atoms with Gasteiger partial charge in [-0.05, 0) is 5.56 Å². The highest BCUT2D eigenvalue weighted by molar-refractivity contribution is 7.32. The van der Waals surface area contributed by atoms with E-state index < -0.39 is 8.25 Å². The summed E-state index contributed by atoms with van der Waals surface area (Å²) in [6, 6.07) is 9.27. The zero-order chi connectivity index (χ0) is 8.10. The summed E-state index contributed by atoms with van der Waals surface area (Å²) in [6.07, 6.45) is 0. The van der Waals surface area contributed by atoms with Crippen molar-refractivity contribution in [1.29, 1.82) is 0 Å². The van der Waals surface area contributed by atoms with Crippen molar-refractivity contribution in [1.82, 2.24) is 0 Å². The molecule has 0 fully saturated rings. The molecule has 0 saturated carbocycles. The summed E-state index contributed by atoms with van der Waals surface area (Å²) in [7, 11) is -2.78. The summed E-state index contributed by atoms with van der Waals surface area (Å²) in [5.41, 5.74) is 0.903. The second-order valence-corrected chi connectivity index (χ2v) is 2.86. The summed E-state index contributed by atoms with van der Waals surface area (Å²) in [6.45, 7) is 0.204. The van der Waals surface area contributed by atoms with E-state index in [1.54, 1.807) is 0 Å². The Bertz CT molecular complexity index is 240. The topological polar surface area (TPSA) is 46.5 Å². The molecule has 0 aliphatic heterocycles. The van der Waals surface area contributed by atoms with Gasteiger partial charge in [0.2, 0.25) is 0 Å². The third kappa shape index (κ3) is 4.52. The van der Waals surface area contributed by atoms with Crippen LogP contribution in [0.1, 0.15) is 5.56 Å². The van der Waals surface area contributed by atoms with E-state index in [9.17, 15) is 4.57 Å². The van der Waals surface area contributed by atoms with Crippen LogP contribution in [0.15, 0.2) is 30.3 Å². The van der Waals surface area contributed by atoms with Gasteiger partial charge in [0.1, 0.15) is 0 Å². The van der Waals surface area contributed by atoms with Crippen LogP contribution in [0.3, 0.4) is 0 Å². The summed E-state index contributed by atoms with van der Waals surface area (Å²) in [4.78, 5) is 8.34. The van der Waals surface area contributed by atoms with Gasteiger partial charge in [-0.25, -0.2) is 0 Å². The van der Waals surface area contributed by atoms with Crippen LogP contribution in [-0.2, 0) is 15.7 Å². The Balaban J connectivity index is 0.00000121. The quantitative estimate of drug-likeness (QED) is 0.773. The molecule has 1 aromatic rings. The van der Waals surface area contributed by atoms with E-state index in [0.29, 0.717) is 0 Å². The zero-order valence-corrected chi connectivity index (χ0v) is 8.08. The normalized spacial score (nSPS) is 11.8. The van der Waals surface area contributed by atoms with E-state index in [1.165, 1.54) is 0 Å². The maximum absolute atomic E-state index is 10.1. The molecule has 12 heavy (non-hydrogen) atoms. The van der Waals surface area contributed by atoms with Gasteiger partial charge in [0.15, 0.2) is 0 Å². The van der Waals surface area contributed by atoms with Crippen LogP contribution in [-0.4, -0.2) is 4.89 Å². The van der Waals surface area contributed by atoms with E-state index in [1.807, 2.05) is 30.3 Å². The van der Waals surface area contributed by atoms with Crippen LogP contribution in [0.25, 0.3) is 0 Å². The van der Waals surface area contributed by atoms with Crippen LogP contribution >= 0.6 is 20.7 Å². The molecule has 1 N–H and O–H groups in total. The predicted octanol–water partition coefficient (Wildman–Crippen LogP) is 2.01.